The molecule has 33 heavy (non-hydrogen) atoms. The van der Waals surface area contributed by atoms with Crippen LogP contribution >= 0.6 is 0 Å². The summed E-state index contributed by atoms with van der Waals surface area (Å²) in [5.74, 6) is 7.43. The summed E-state index contributed by atoms with van der Waals surface area (Å²) in [6, 6.07) is 14.5. The van der Waals surface area contributed by atoms with Gasteiger partial charge in [-0.15, -0.1) is 0 Å². The molecule has 2 fully saturated rings. The van der Waals surface area contributed by atoms with Crippen LogP contribution in [0.3, 0.4) is 0 Å². The zero-order valence-electron chi connectivity index (χ0n) is 19.8. The van der Waals surface area contributed by atoms with E-state index in [1.165, 1.54) is 5.56 Å². The molecule has 1 amide bonds. The minimum absolute atomic E-state index is 0.110. The summed E-state index contributed by atoms with van der Waals surface area (Å²) < 4.78 is 0. The SMILES string of the molecule is CC(C)CC#Cc1ccc([C@@H]2[C@H]3CN(C(=O)Cc4ccccn4)CCCCN3[C@H]2CO)cc1. The Bertz CT molecular complexity index is 978. The second-order valence-electron chi connectivity index (χ2n) is 9.65. The molecule has 4 rings (SSSR count). The monoisotopic (exact) mass is 445 g/mol. The van der Waals surface area contributed by atoms with Crippen molar-refractivity contribution in [1.29, 1.82) is 0 Å². The Morgan fingerprint density at radius 1 is 1.15 bits per heavy atom. The van der Waals surface area contributed by atoms with Gasteiger partial charge in [-0.1, -0.05) is 43.9 Å². The molecule has 2 aliphatic heterocycles. The maximum absolute atomic E-state index is 13.1. The van der Waals surface area contributed by atoms with Crippen molar-refractivity contribution >= 4 is 5.91 Å². The van der Waals surface area contributed by atoms with Crippen molar-refractivity contribution in [3.05, 3.63) is 65.5 Å². The topological polar surface area (TPSA) is 56.7 Å². The van der Waals surface area contributed by atoms with E-state index >= 15 is 0 Å². The highest BCUT2D eigenvalue weighted by Crippen LogP contribution is 2.42. The van der Waals surface area contributed by atoms with Crippen molar-refractivity contribution < 1.29 is 9.90 Å². The number of pyridine rings is 1. The van der Waals surface area contributed by atoms with Crippen LogP contribution in [0.25, 0.3) is 0 Å². The highest BCUT2D eigenvalue weighted by atomic mass is 16.3. The fourth-order valence-corrected chi connectivity index (χ4v) is 5.08. The Morgan fingerprint density at radius 2 is 1.94 bits per heavy atom. The Kier molecular flexibility index (Phi) is 7.80. The summed E-state index contributed by atoms with van der Waals surface area (Å²) >= 11 is 0. The molecule has 2 aromatic rings. The number of hydrogen-bond acceptors (Lipinski definition) is 4. The fourth-order valence-electron chi connectivity index (χ4n) is 5.08. The number of amides is 1. The fraction of sp³-hybridized carbons (Fsp3) is 0.500. The normalized spacial score (nSPS) is 23.0. The predicted octanol–water partition coefficient (Wildman–Crippen LogP) is 3.47. The van der Waals surface area contributed by atoms with E-state index < -0.39 is 0 Å². The molecule has 1 aromatic carbocycles. The van der Waals surface area contributed by atoms with Gasteiger partial charge in [0.25, 0.3) is 0 Å². The predicted molar refractivity (Wildman–Crippen MR) is 131 cm³/mol. The molecule has 5 heteroatoms. The van der Waals surface area contributed by atoms with E-state index in [1.807, 2.05) is 23.1 Å². The van der Waals surface area contributed by atoms with Crippen molar-refractivity contribution in [2.75, 3.05) is 26.2 Å². The van der Waals surface area contributed by atoms with Gasteiger partial charge in [0, 0.05) is 55.0 Å². The van der Waals surface area contributed by atoms with E-state index in [4.69, 9.17) is 0 Å². The molecule has 1 N–H and O–H groups in total. The highest BCUT2D eigenvalue weighted by molar-refractivity contribution is 5.78. The molecule has 0 bridgehead atoms. The van der Waals surface area contributed by atoms with Gasteiger partial charge >= 0.3 is 0 Å². The number of carbonyl (C=O) groups is 1. The van der Waals surface area contributed by atoms with Gasteiger partial charge in [0.05, 0.1) is 13.0 Å². The lowest BCUT2D eigenvalue weighted by Gasteiger charge is -2.57. The zero-order valence-corrected chi connectivity index (χ0v) is 19.8. The molecule has 1 aromatic heterocycles. The number of rotatable bonds is 5. The molecule has 0 aliphatic carbocycles. The van der Waals surface area contributed by atoms with Gasteiger partial charge in [-0.3, -0.25) is 14.7 Å². The molecule has 3 atom stereocenters. The van der Waals surface area contributed by atoms with Crippen LogP contribution in [0.4, 0.5) is 0 Å². The molecule has 5 nitrogen and oxygen atoms in total. The number of aliphatic hydroxyl groups is 1. The number of aromatic nitrogens is 1. The van der Waals surface area contributed by atoms with Crippen LogP contribution in [0.1, 0.15) is 55.8 Å². The van der Waals surface area contributed by atoms with Crippen LogP contribution in [-0.4, -0.2) is 64.1 Å². The highest BCUT2D eigenvalue weighted by Gasteiger charge is 2.49. The Hall–Kier alpha value is -2.68. The van der Waals surface area contributed by atoms with Crippen LogP contribution in [0.2, 0.25) is 0 Å². The van der Waals surface area contributed by atoms with E-state index in [0.29, 0.717) is 18.9 Å². The van der Waals surface area contributed by atoms with Gasteiger partial charge < -0.3 is 10.0 Å². The maximum Gasteiger partial charge on any atom is 0.228 e. The third-order valence-electron chi connectivity index (χ3n) is 6.82. The molecule has 174 valence electrons. The average Bonchev–Trinajstić information content (AvgIpc) is 2.79. The summed E-state index contributed by atoms with van der Waals surface area (Å²) in [5, 5.41) is 10.2. The summed E-state index contributed by atoms with van der Waals surface area (Å²) in [6.07, 6.45) is 5.01. The van der Waals surface area contributed by atoms with Crippen LogP contribution in [0.15, 0.2) is 48.7 Å². The van der Waals surface area contributed by atoms with Crippen LogP contribution in [0, 0.1) is 17.8 Å². The lowest BCUT2D eigenvalue weighted by Crippen LogP contribution is -2.68. The molecular weight excluding hydrogens is 410 g/mol. The third-order valence-corrected chi connectivity index (χ3v) is 6.82. The van der Waals surface area contributed by atoms with E-state index in [9.17, 15) is 9.90 Å². The molecule has 2 aliphatic rings. The Labute approximate surface area is 197 Å². The first-order chi connectivity index (χ1) is 16.1. The number of fused-ring (bicyclic) bond motifs is 1. The number of aliphatic hydroxyl groups excluding tert-OH is 1. The number of benzene rings is 1. The van der Waals surface area contributed by atoms with Gasteiger partial charge in [0.15, 0.2) is 0 Å². The van der Waals surface area contributed by atoms with Crippen molar-refractivity contribution in [2.45, 2.75) is 57.5 Å². The van der Waals surface area contributed by atoms with Crippen molar-refractivity contribution in [1.82, 2.24) is 14.8 Å². The lowest BCUT2D eigenvalue weighted by molar-refractivity contribution is -0.135. The molecular formula is C28H35N3O2. The van der Waals surface area contributed by atoms with Gasteiger partial charge in [-0.05, 0) is 55.1 Å². The smallest absolute Gasteiger partial charge is 0.228 e. The minimum Gasteiger partial charge on any atom is -0.395 e. The maximum atomic E-state index is 13.1. The van der Waals surface area contributed by atoms with E-state index in [0.717, 1.165) is 43.6 Å². The van der Waals surface area contributed by atoms with Crippen LogP contribution < -0.4 is 0 Å². The summed E-state index contributed by atoms with van der Waals surface area (Å²) in [4.78, 5) is 21.8. The molecule has 0 radical (unpaired) electrons. The first-order valence-corrected chi connectivity index (χ1v) is 12.2. The van der Waals surface area contributed by atoms with Gasteiger partial charge in [0.1, 0.15) is 0 Å². The van der Waals surface area contributed by atoms with Gasteiger partial charge in [-0.25, -0.2) is 0 Å². The first-order valence-electron chi connectivity index (χ1n) is 12.2. The molecule has 3 heterocycles. The van der Waals surface area contributed by atoms with Crippen molar-refractivity contribution in [3.63, 3.8) is 0 Å². The second-order valence-corrected chi connectivity index (χ2v) is 9.65. The van der Waals surface area contributed by atoms with Gasteiger partial charge in [-0.2, -0.15) is 0 Å². The number of carbonyl (C=O) groups excluding carboxylic acids is 1. The average molecular weight is 446 g/mol. The Balaban J connectivity index is 1.49. The number of nitrogens with zero attached hydrogens (tertiary/aromatic N) is 3. The first kappa shape index (κ1) is 23.5. The minimum atomic E-state index is 0.110. The van der Waals surface area contributed by atoms with Crippen LogP contribution in [0.5, 0.6) is 0 Å². The molecule has 0 unspecified atom stereocenters. The second kappa shape index (κ2) is 11.0. The van der Waals surface area contributed by atoms with Gasteiger partial charge in [0.2, 0.25) is 5.91 Å². The van der Waals surface area contributed by atoms with E-state index in [1.54, 1.807) is 6.20 Å². The standard InChI is InChI=1S/C28H35N3O2/c1-21(2)8-7-9-22-11-13-23(14-12-22)28-25-19-30(16-5-6-17-31(25)26(28)20-32)27(33)18-24-10-3-4-15-29-24/h3-4,10-15,21,25-26,28,32H,5-6,8,16-20H2,1-2H3/t25-,26+,28-/m1/s1. The quantitative estimate of drug-likeness (QED) is 0.716. The third kappa shape index (κ3) is 5.63. The molecule has 2 saturated heterocycles. The summed E-state index contributed by atoms with van der Waals surface area (Å²) in [5.41, 5.74) is 3.07. The van der Waals surface area contributed by atoms with Crippen molar-refractivity contribution in [3.8, 4) is 11.8 Å². The van der Waals surface area contributed by atoms with E-state index in [2.05, 4.69) is 59.8 Å². The lowest BCUT2D eigenvalue weighted by atomic mass is 9.74. The number of hydrogen-bond donors (Lipinski definition) is 1. The largest absolute Gasteiger partial charge is 0.395 e. The summed E-state index contributed by atoms with van der Waals surface area (Å²) in [7, 11) is 0. The Morgan fingerprint density at radius 3 is 2.64 bits per heavy atom. The van der Waals surface area contributed by atoms with E-state index in [-0.39, 0.29) is 30.5 Å². The summed E-state index contributed by atoms with van der Waals surface area (Å²) in [6.45, 7) is 6.95. The molecule has 0 spiro atoms. The molecule has 0 saturated carbocycles. The van der Waals surface area contributed by atoms with Crippen molar-refractivity contribution in [2.24, 2.45) is 5.92 Å². The van der Waals surface area contributed by atoms with Crippen LogP contribution in [-0.2, 0) is 11.2 Å². The zero-order chi connectivity index (χ0) is 23.2.